The van der Waals surface area contributed by atoms with Crippen LogP contribution in [0, 0.1) is 5.82 Å². The molecule has 2 aromatic carbocycles. The van der Waals surface area contributed by atoms with Crippen LogP contribution in [0.15, 0.2) is 53.4 Å². The lowest BCUT2D eigenvalue weighted by atomic mass is 10.1. The predicted molar refractivity (Wildman–Crippen MR) is 119 cm³/mol. The summed E-state index contributed by atoms with van der Waals surface area (Å²) in [5.74, 6) is -1.01. The van der Waals surface area contributed by atoms with Crippen LogP contribution in [0.1, 0.15) is 28.4 Å². The highest BCUT2D eigenvalue weighted by atomic mass is 32.2. The summed E-state index contributed by atoms with van der Waals surface area (Å²) < 4.78 is 64.1. The average Bonchev–Trinajstić information content (AvgIpc) is 3.05. The minimum Gasteiger partial charge on any atom is -0.350 e. The van der Waals surface area contributed by atoms with E-state index in [2.05, 4.69) is 10.0 Å². The van der Waals surface area contributed by atoms with Gasteiger partial charge in [0.25, 0.3) is 5.91 Å². The molecular weight excluding hydrogens is 457 g/mol. The fourth-order valence-corrected chi connectivity index (χ4v) is 6.61. The summed E-state index contributed by atoms with van der Waals surface area (Å²) >= 11 is 0. The van der Waals surface area contributed by atoms with E-state index in [1.165, 1.54) is 36.4 Å². The van der Waals surface area contributed by atoms with Crippen molar-refractivity contribution in [3.63, 3.8) is 0 Å². The average molecular weight is 484 g/mol. The second-order valence-corrected chi connectivity index (χ2v) is 11.9. The maximum atomic E-state index is 13.6. The zero-order chi connectivity index (χ0) is 23.5. The summed E-state index contributed by atoms with van der Waals surface area (Å²) in [5.41, 5.74) is 0.987. The van der Waals surface area contributed by atoms with Crippen LogP contribution in [0.5, 0.6) is 0 Å². The number of rotatable bonds is 8. The molecule has 2 N–H and O–H groups in total. The van der Waals surface area contributed by atoms with Crippen LogP contribution >= 0.6 is 0 Å². The minimum absolute atomic E-state index is 0.0388. The van der Waals surface area contributed by atoms with Gasteiger partial charge in [0.2, 0.25) is 10.0 Å². The number of carbonyl (C=O) groups excluding carboxylic acids is 1. The summed E-state index contributed by atoms with van der Waals surface area (Å²) in [6.07, 6.45) is 0.237. The zero-order valence-corrected chi connectivity index (χ0v) is 19.4. The van der Waals surface area contributed by atoms with Crippen molar-refractivity contribution in [2.45, 2.75) is 23.4 Å². The molecule has 3 rings (SSSR count). The van der Waals surface area contributed by atoms with Crippen molar-refractivity contribution in [1.29, 1.82) is 0 Å². The number of carbonyl (C=O) groups is 1. The lowest BCUT2D eigenvalue weighted by Crippen LogP contribution is -2.36. The number of amides is 1. The van der Waals surface area contributed by atoms with E-state index in [-0.39, 0.29) is 46.8 Å². The van der Waals surface area contributed by atoms with Crippen LogP contribution < -0.4 is 10.0 Å². The van der Waals surface area contributed by atoms with Gasteiger partial charge in [-0.1, -0.05) is 12.1 Å². The quantitative estimate of drug-likeness (QED) is 0.586. The van der Waals surface area contributed by atoms with E-state index >= 15 is 0 Å². The van der Waals surface area contributed by atoms with Gasteiger partial charge in [0.15, 0.2) is 9.84 Å². The molecule has 1 aliphatic heterocycles. The van der Waals surface area contributed by atoms with E-state index < -0.39 is 31.8 Å². The van der Waals surface area contributed by atoms with Crippen LogP contribution in [-0.4, -0.2) is 65.8 Å². The Morgan fingerprint density at radius 2 is 1.88 bits per heavy atom. The number of nitrogens with one attached hydrogen (secondary N) is 2. The van der Waals surface area contributed by atoms with E-state index in [4.69, 9.17) is 0 Å². The fourth-order valence-electron chi connectivity index (χ4n) is 3.56. The molecule has 0 bridgehead atoms. The van der Waals surface area contributed by atoms with Crippen molar-refractivity contribution in [2.24, 2.45) is 0 Å². The third-order valence-corrected chi connectivity index (χ3v) is 8.60. The van der Waals surface area contributed by atoms with Crippen molar-refractivity contribution in [1.82, 2.24) is 14.9 Å². The highest BCUT2D eigenvalue weighted by Gasteiger charge is 2.31. The van der Waals surface area contributed by atoms with Crippen molar-refractivity contribution in [2.75, 3.05) is 32.1 Å². The van der Waals surface area contributed by atoms with E-state index in [1.54, 1.807) is 12.1 Å². The maximum absolute atomic E-state index is 13.6. The molecule has 0 aliphatic carbocycles. The van der Waals surface area contributed by atoms with Gasteiger partial charge in [0, 0.05) is 18.2 Å². The smallest absolute Gasteiger partial charge is 0.251 e. The molecule has 2 atom stereocenters. The van der Waals surface area contributed by atoms with Gasteiger partial charge in [-0.3, -0.25) is 4.79 Å². The number of hydrogen-bond acceptors (Lipinski definition) is 6. The molecule has 0 spiro atoms. The first-order valence-corrected chi connectivity index (χ1v) is 13.3. The first-order valence-electron chi connectivity index (χ1n) is 10.00. The Balaban J connectivity index is 1.64. The first kappa shape index (κ1) is 24.3. The number of likely N-dealkylation sites (N-methyl/N-ethyl adjacent to an activating group) is 1. The zero-order valence-electron chi connectivity index (χ0n) is 17.8. The van der Waals surface area contributed by atoms with Crippen LogP contribution in [0.2, 0.25) is 0 Å². The molecule has 0 aromatic heterocycles. The molecule has 0 radical (unpaired) electrons. The molecule has 1 heterocycles. The molecule has 1 amide bonds. The molecule has 0 saturated carbocycles. The van der Waals surface area contributed by atoms with Gasteiger partial charge in [0.1, 0.15) is 5.82 Å². The summed E-state index contributed by atoms with van der Waals surface area (Å²) in [5, 5.41) is 2.79. The fraction of sp³-hybridized carbons (Fsp3) is 0.381. The molecule has 2 aromatic rings. The molecule has 174 valence electrons. The number of benzene rings is 2. The Morgan fingerprint density at radius 1 is 1.19 bits per heavy atom. The molecule has 1 fully saturated rings. The Morgan fingerprint density at radius 3 is 2.44 bits per heavy atom. The van der Waals surface area contributed by atoms with Crippen molar-refractivity contribution >= 4 is 25.8 Å². The molecule has 0 unspecified atom stereocenters. The normalized spacial score (nSPS) is 19.1. The van der Waals surface area contributed by atoms with Gasteiger partial charge in [-0.2, -0.15) is 0 Å². The maximum Gasteiger partial charge on any atom is 0.251 e. The van der Waals surface area contributed by atoms with E-state index in [0.717, 1.165) is 5.56 Å². The SMILES string of the molecule is CN(C)[C@@H](CNC(=O)c1ccc(S(=O)(=O)N[C@@H]2CCS(=O)(=O)C2)cc1)c1cccc(F)c1. The lowest BCUT2D eigenvalue weighted by Gasteiger charge is -2.25. The Hall–Kier alpha value is -2.34. The Bertz CT molecular complexity index is 1180. The second-order valence-electron chi connectivity index (χ2n) is 7.99. The summed E-state index contributed by atoms with van der Waals surface area (Å²) in [4.78, 5) is 14.4. The number of sulfone groups is 1. The van der Waals surface area contributed by atoms with E-state index in [9.17, 15) is 26.0 Å². The molecule has 32 heavy (non-hydrogen) atoms. The van der Waals surface area contributed by atoms with Crippen molar-refractivity contribution < 1.29 is 26.0 Å². The molecular formula is C21H26FN3O5S2. The van der Waals surface area contributed by atoms with Crippen LogP contribution in [0.3, 0.4) is 0 Å². The van der Waals surface area contributed by atoms with Crippen LogP contribution in [0.25, 0.3) is 0 Å². The van der Waals surface area contributed by atoms with Gasteiger partial charge >= 0.3 is 0 Å². The van der Waals surface area contributed by atoms with Gasteiger partial charge in [0.05, 0.1) is 22.4 Å². The summed E-state index contributed by atoms with van der Waals surface area (Å²) in [6, 6.07) is 10.6. The monoisotopic (exact) mass is 483 g/mol. The Kier molecular flexibility index (Phi) is 7.33. The van der Waals surface area contributed by atoms with Gasteiger partial charge in [-0.25, -0.2) is 25.9 Å². The molecule has 1 aliphatic rings. The Labute approximate surface area is 187 Å². The molecule has 11 heteroatoms. The summed E-state index contributed by atoms with van der Waals surface area (Å²) in [7, 11) is -3.47. The van der Waals surface area contributed by atoms with Crippen molar-refractivity contribution in [3.05, 3.63) is 65.5 Å². The van der Waals surface area contributed by atoms with Crippen LogP contribution in [-0.2, 0) is 19.9 Å². The van der Waals surface area contributed by atoms with Gasteiger partial charge < -0.3 is 10.2 Å². The number of halogens is 1. The topological polar surface area (TPSA) is 113 Å². The van der Waals surface area contributed by atoms with Gasteiger partial charge in [-0.05, 0) is 62.5 Å². The van der Waals surface area contributed by atoms with E-state index in [0.29, 0.717) is 0 Å². The summed E-state index contributed by atoms with van der Waals surface area (Å²) in [6.45, 7) is 0.229. The highest BCUT2D eigenvalue weighted by molar-refractivity contribution is 7.92. The number of sulfonamides is 1. The third kappa shape index (κ3) is 6.12. The second kappa shape index (κ2) is 9.65. The number of hydrogen-bond donors (Lipinski definition) is 2. The lowest BCUT2D eigenvalue weighted by molar-refractivity contribution is 0.0941. The third-order valence-electron chi connectivity index (χ3n) is 5.29. The van der Waals surface area contributed by atoms with Crippen LogP contribution in [0.4, 0.5) is 4.39 Å². The largest absolute Gasteiger partial charge is 0.350 e. The van der Waals surface area contributed by atoms with Crippen molar-refractivity contribution in [3.8, 4) is 0 Å². The predicted octanol–water partition coefficient (Wildman–Crippen LogP) is 1.32. The standard InChI is InChI=1S/C21H26FN3O5S2/c1-25(2)20(16-4-3-5-17(22)12-16)13-23-21(26)15-6-8-19(9-7-15)32(29,30)24-18-10-11-31(27,28)14-18/h3-9,12,18,20,24H,10-11,13-14H2,1-2H3,(H,23,26)/t18-,20+/m1/s1. The first-order chi connectivity index (χ1) is 15.0. The molecule has 1 saturated heterocycles. The van der Waals surface area contributed by atoms with E-state index in [1.807, 2.05) is 19.0 Å². The highest BCUT2D eigenvalue weighted by Crippen LogP contribution is 2.19. The number of nitrogens with zero attached hydrogens (tertiary/aromatic N) is 1. The minimum atomic E-state index is -3.90. The molecule has 8 nitrogen and oxygen atoms in total. The van der Waals surface area contributed by atoms with Gasteiger partial charge in [-0.15, -0.1) is 0 Å².